The van der Waals surface area contributed by atoms with E-state index in [-0.39, 0.29) is 36.5 Å². The van der Waals surface area contributed by atoms with Crippen LogP contribution in [0.15, 0.2) is 42.5 Å². The van der Waals surface area contributed by atoms with E-state index in [1.807, 2.05) is 0 Å². The van der Waals surface area contributed by atoms with Crippen LogP contribution < -0.4 is 14.8 Å². The highest BCUT2D eigenvalue weighted by atomic mass is 16.6. The standard InChI is InChI=1S/C23H23NO8/c1-2-29-23(28)16-5-3-4-6-17(16)24-21(26)14-32-22(27)10-8-18(25)15-7-9-19-20(13-15)31-12-11-30-19/h3-7,9,13H,2,8,10-12,14H2,1H3,(H,24,26). The fourth-order valence-electron chi connectivity index (χ4n) is 2.96. The van der Waals surface area contributed by atoms with Crippen molar-refractivity contribution < 1.29 is 38.1 Å². The minimum Gasteiger partial charge on any atom is -0.486 e. The molecule has 0 fully saturated rings. The van der Waals surface area contributed by atoms with E-state index in [9.17, 15) is 19.2 Å². The first kappa shape index (κ1) is 22.8. The first-order chi connectivity index (χ1) is 15.5. The molecule has 0 spiro atoms. The van der Waals surface area contributed by atoms with Gasteiger partial charge in [0.15, 0.2) is 23.9 Å². The van der Waals surface area contributed by atoms with Crippen molar-refractivity contribution >= 4 is 29.3 Å². The Hall–Kier alpha value is -3.88. The highest BCUT2D eigenvalue weighted by Crippen LogP contribution is 2.31. The van der Waals surface area contributed by atoms with Gasteiger partial charge in [0, 0.05) is 12.0 Å². The monoisotopic (exact) mass is 441 g/mol. The summed E-state index contributed by atoms with van der Waals surface area (Å²) in [5.74, 6) is -1.07. The second-order valence-corrected chi connectivity index (χ2v) is 6.76. The number of ketones is 1. The third-order valence-corrected chi connectivity index (χ3v) is 4.48. The van der Waals surface area contributed by atoms with Crippen molar-refractivity contribution in [3.8, 4) is 11.5 Å². The van der Waals surface area contributed by atoms with Crippen LogP contribution in [-0.2, 0) is 19.1 Å². The summed E-state index contributed by atoms with van der Waals surface area (Å²) in [5.41, 5.74) is 0.843. The van der Waals surface area contributed by atoms with Crippen molar-refractivity contribution in [1.82, 2.24) is 0 Å². The summed E-state index contributed by atoms with van der Waals surface area (Å²) >= 11 is 0. The highest BCUT2D eigenvalue weighted by Gasteiger charge is 2.18. The van der Waals surface area contributed by atoms with Gasteiger partial charge in [-0.05, 0) is 37.3 Å². The lowest BCUT2D eigenvalue weighted by Crippen LogP contribution is -2.22. The Kier molecular flexibility index (Phi) is 7.80. The van der Waals surface area contributed by atoms with Gasteiger partial charge >= 0.3 is 11.9 Å². The molecule has 3 rings (SSSR count). The summed E-state index contributed by atoms with van der Waals surface area (Å²) in [6, 6.07) is 11.2. The Labute approximate surface area is 184 Å². The zero-order valence-electron chi connectivity index (χ0n) is 17.6. The van der Waals surface area contributed by atoms with Crippen LogP contribution in [0.25, 0.3) is 0 Å². The summed E-state index contributed by atoms with van der Waals surface area (Å²) in [6.45, 7) is 2.19. The normalized spacial score (nSPS) is 11.9. The zero-order valence-corrected chi connectivity index (χ0v) is 17.6. The SMILES string of the molecule is CCOC(=O)c1ccccc1NC(=O)COC(=O)CCC(=O)c1ccc2c(c1)OCCO2. The molecule has 2 aromatic rings. The smallest absolute Gasteiger partial charge is 0.340 e. The molecule has 2 aromatic carbocycles. The molecule has 1 aliphatic rings. The number of carbonyl (C=O) groups is 4. The molecule has 32 heavy (non-hydrogen) atoms. The predicted octanol–water partition coefficient (Wildman–Crippen LogP) is 2.78. The summed E-state index contributed by atoms with van der Waals surface area (Å²) in [4.78, 5) is 48.4. The number of carbonyl (C=O) groups excluding carboxylic acids is 4. The number of nitrogens with one attached hydrogen (secondary N) is 1. The number of amides is 1. The molecule has 168 valence electrons. The summed E-state index contributed by atoms with van der Waals surface area (Å²) in [6.07, 6.45) is -0.258. The Morgan fingerprint density at radius 3 is 2.47 bits per heavy atom. The number of Topliss-reactive ketones (excluding diaryl/α,β-unsaturated/α-hetero) is 1. The molecule has 1 heterocycles. The number of ether oxygens (including phenoxy) is 4. The molecule has 0 aromatic heterocycles. The van der Waals surface area contributed by atoms with Crippen LogP contribution in [0.1, 0.15) is 40.5 Å². The van der Waals surface area contributed by atoms with Crippen LogP contribution in [0.2, 0.25) is 0 Å². The van der Waals surface area contributed by atoms with Crippen molar-refractivity contribution in [2.45, 2.75) is 19.8 Å². The van der Waals surface area contributed by atoms with Gasteiger partial charge in [-0.2, -0.15) is 0 Å². The maximum Gasteiger partial charge on any atom is 0.340 e. The van der Waals surface area contributed by atoms with Crippen LogP contribution in [0.5, 0.6) is 11.5 Å². The van der Waals surface area contributed by atoms with Crippen molar-refractivity contribution in [1.29, 1.82) is 0 Å². The lowest BCUT2D eigenvalue weighted by Gasteiger charge is -2.18. The predicted molar refractivity (Wildman–Crippen MR) is 113 cm³/mol. The zero-order chi connectivity index (χ0) is 22.9. The number of benzene rings is 2. The van der Waals surface area contributed by atoms with Gasteiger partial charge in [-0.25, -0.2) is 4.79 Å². The third-order valence-electron chi connectivity index (χ3n) is 4.48. The molecule has 0 bridgehead atoms. The maximum absolute atomic E-state index is 12.3. The quantitative estimate of drug-likeness (QED) is 0.466. The Balaban J connectivity index is 1.45. The maximum atomic E-state index is 12.3. The molecular formula is C23H23NO8. The summed E-state index contributed by atoms with van der Waals surface area (Å²) in [5, 5.41) is 2.52. The van der Waals surface area contributed by atoms with Crippen molar-refractivity contribution in [2.75, 3.05) is 31.7 Å². The number of fused-ring (bicyclic) bond motifs is 1. The van der Waals surface area contributed by atoms with Gasteiger partial charge in [-0.15, -0.1) is 0 Å². The molecule has 0 radical (unpaired) electrons. The number of esters is 2. The molecule has 9 nitrogen and oxygen atoms in total. The third kappa shape index (κ3) is 6.07. The second kappa shape index (κ2) is 10.9. The van der Waals surface area contributed by atoms with Crippen molar-refractivity contribution in [2.24, 2.45) is 0 Å². The molecule has 0 unspecified atom stereocenters. The van der Waals surface area contributed by atoms with Crippen molar-refractivity contribution in [3.05, 3.63) is 53.6 Å². The fourth-order valence-corrected chi connectivity index (χ4v) is 2.96. The molecule has 1 amide bonds. The number of hydrogen-bond acceptors (Lipinski definition) is 8. The van der Waals surface area contributed by atoms with Gasteiger partial charge in [-0.3, -0.25) is 14.4 Å². The molecule has 0 aliphatic carbocycles. The first-order valence-electron chi connectivity index (χ1n) is 10.1. The van der Waals surface area contributed by atoms with E-state index < -0.39 is 24.5 Å². The van der Waals surface area contributed by atoms with Crippen LogP contribution in [0.4, 0.5) is 5.69 Å². The molecule has 1 N–H and O–H groups in total. The van der Waals surface area contributed by atoms with Crippen LogP contribution in [-0.4, -0.2) is 50.1 Å². The first-order valence-corrected chi connectivity index (χ1v) is 10.1. The molecule has 1 aliphatic heterocycles. The van der Waals surface area contributed by atoms with Crippen molar-refractivity contribution in [3.63, 3.8) is 0 Å². The minimum atomic E-state index is -0.690. The molecule has 0 saturated carbocycles. The molecule has 9 heteroatoms. The van der Waals surface area contributed by atoms with Gasteiger partial charge in [-0.1, -0.05) is 12.1 Å². The van der Waals surface area contributed by atoms with Crippen LogP contribution >= 0.6 is 0 Å². The van der Waals surface area contributed by atoms with Gasteiger partial charge in [0.25, 0.3) is 5.91 Å². The van der Waals surface area contributed by atoms with Gasteiger partial charge in [0.2, 0.25) is 0 Å². The number of rotatable bonds is 9. The molecular weight excluding hydrogens is 418 g/mol. The van der Waals surface area contributed by atoms with E-state index >= 15 is 0 Å². The minimum absolute atomic E-state index is 0.0776. The number of hydrogen-bond donors (Lipinski definition) is 1. The van der Waals surface area contributed by atoms with Gasteiger partial charge < -0.3 is 24.3 Å². The summed E-state index contributed by atoms with van der Waals surface area (Å²) in [7, 11) is 0. The lowest BCUT2D eigenvalue weighted by atomic mass is 10.1. The van der Waals surface area contributed by atoms with E-state index in [1.54, 1.807) is 37.3 Å². The Morgan fingerprint density at radius 1 is 0.938 bits per heavy atom. The number of anilines is 1. The number of para-hydroxylation sites is 1. The second-order valence-electron chi connectivity index (χ2n) is 6.76. The topological polar surface area (TPSA) is 117 Å². The van der Waals surface area contributed by atoms with E-state index in [0.717, 1.165) is 0 Å². The average Bonchev–Trinajstić information content (AvgIpc) is 2.81. The Bertz CT molecular complexity index is 1020. The van der Waals surface area contributed by atoms with E-state index in [4.69, 9.17) is 18.9 Å². The molecule has 0 atom stereocenters. The van der Waals surface area contributed by atoms with Gasteiger partial charge in [0.05, 0.1) is 24.3 Å². The fraction of sp³-hybridized carbons (Fsp3) is 0.304. The lowest BCUT2D eigenvalue weighted by molar-refractivity contribution is -0.147. The highest BCUT2D eigenvalue weighted by molar-refractivity contribution is 6.02. The largest absolute Gasteiger partial charge is 0.486 e. The van der Waals surface area contributed by atoms with E-state index in [0.29, 0.717) is 30.3 Å². The Morgan fingerprint density at radius 2 is 1.69 bits per heavy atom. The average molecular weight is 441 g/mol. The summed E-state index contributed by atoms with van der Waals surface area (Å²) < 4.78 is 20.7. The van der Waals surface area contributed by atoms with Gasteiger partial charge in [0.1, 0.15) is 13.2 Å². The molecule has 0 saturated heterocycles. The van der Waals surface area contributed by atoms with E-state index in [1.165, 1.54) is 12.1 Å². The van der Waals surface area contributed by atoms with Crippen LogP contribution in [0, 0.1) is 0 Å². The van der Waals surface area contributed by atoms with Crippen LogP contribution in [0.3, 0.4) is 0 Å². The van der Waals surface area contributed by atoms with E-state index in [2.05, 4.69) is 5.32 Å².